The number of likely N-dealkylation sites (N-methyl/N-ethyl adjacent to an activating group) is 1. The lowest BCUT2D eigenvalue weighted by molar-refractivity contribution is -0.146. The van der Waals surface area contributed by atoms with Gasteiger partial charge >= 0.3 is 0 Å². The first-order chi connectivity index (χ1) is 20.1. The standard InChI is InChI=1S/C31H43F2N5O5/c1-20(2)15-22(28(40)38-19-31(32,33)16-23(38)29(41)37-13-11-36(6)12-14-37)35-27(39)21-9-7-8-10-24(21)42-18-26-34-17-25(43-26)30(3,4)5/h7-10,17,20,22-23H,11-16,18-19H2,1-6H3,(H,35,39)/t22-,23-/m1/s1. The van der Waals surface area contributed by atoms with Crippen molar-refractivity contribution >= 4 is 17.7 Å². The fraction of sp³-hybridized carbons (Fsp3) is 0.613. The number of para-hydroxylation sites is 1. The first-order valence-corrected chi connectivity index (χ1v) is 14.8. The first kappa shape index (κ1) is 32.4. The van der Waals surface area contributed by atoms with Gasteiger partial charge in [-0.05, 0) is 31.5 Å². The molecule has 236 valence electrons. The summed E-state index contributed by atoms with van der Waals surface area (Å²) >= 11 is 0. The van der Waals surface area contributed by atoms with Crippen LogP contribution in [-0.4, -0.2) is 95.2 Å². The van der Waals surface area contributed by atoms with E-state index in [0.717, 1.165) is 4.90 Å². The van der Waals surface area contributed by atoms with E-state index in [1.807, 2.05) is 41.7 Å². The van der Waals surface area contributed by atoms with E-state index in [1.165, 1.54) is 0 Å². The smallest absolute Gasteiger partial charge is 0.267 e. The number of halogens is 2. The lowest BCUT2D eigenvalue weighted by Crippen LogP contribution is -2.56. The molecule has 4 rings (SSSR count). The highest BCUT2D eigenvalue weighted by Crippen LogP contribution is 2.34. The summed E-state index contributed by atoms with van der Waals surface area (Å²) in [5, 5.41) is 2.75. The highest BCUT2D eigenvalue weighted by molar-refractivity contribution is 6.00. The molecule has 0 bridgehead atoms. The second-order valence-electron chi connectivity index (χ2n) is 13.0. The third kappa shape index (κ3) is 8.10. The Morgan fingerprint density at radius 1 is 1.14 bits per heavy atom. The van der Waals surface area contributed by atoms with Crippen LogP contribution >= 0.6 is 0 Å². The Morgan fingerprint density at radius 2 is 1.81 bits per heavy atom. The zero-order chi connectivity index (χ0) is 31.5. The molecule has 2 aliphatic heterocycles. The molecule has 2 fully saturated rings. The van der Waals surface area contributed by atoms with Gasteiger partial charge in [-0.3, -0.25) is 14.4 Å². The van der Waals surface area contributed by atoms with Gasteiger partial charge in [0.1, 0.15) is 23.6 Å². The third-order valence-corrected chi connectivity index (χ3v) is 7.74. The molecule has 12 heteroatoms. The van der Waals surface area contributed by atoms with Crippen LogP contribution in [-0.2, 0) is 21.6 Å². The molecule has 0 unspecified atom stereocenters. The number of nitrogens with zero attached hydrogens (tertiary/aromatic N) is 4. The van der Waals surface area contributed by atoms with E-state index in [9.17, 15) is 23.2 Å². The highest BCUT2D eigenvalue weighted by atomic mass is 19.3. The Hall–Kier alpha value is -3.54. The molecule has 3 amide bonds. The van der Waals surface area contributed by atoms with Gasteiger partial charge in [-0.15, -0.1) is 0 Å². The van der Waals surface area contributed by atoms with Gasteiger partial charge in [-0.1, -0.05) is 46.8 Å². The van der Waals surface area contributed by atoms with Crippen LogP contribution in [0, 0.1) is 5.92 Å². The second kappa shape index (κ2) is 13.0. The fourth-order valence-electron chi connectivity index (χ4n) is 5.28. The Balaban J connectivity index is 1.50. The largest absolute Gasteiger partial charge is 0.483 e. The predicted octanol–water partition coefficient (Wildman–Crippen LogP) is 3.71. The van der Waals surface area contributed by atoms with Crippen LogP contribution < -0.4 is 10.1 Å². The number of aromatic nitrogens is 1. The van der Waals surface area contributed by atoms with E-state index in [4.69, 9.17) is 9.15 Å². The monoisotopic (exact) mass is 603 g/mol. The number of amides is 3. The zero-order valence-corrected chi connectivity index (χ0v) is 25.9. The number of benzene rings is 1. The maximum atomic E-state index is 14.7. The minimum absolute atomic E-state index is 0.0202. The van der Waals surface area contributed by atoms with E-state index < -0.39 is 48.7 Å². The van der Waals surface area contributed by atoms with Crippen molar-refractivity contribution in [2.45, 2.75) is 77.5 Å². The van der Waals surface area contributed by atoms with Gasteiger partial charge in [0.25, 0.3) is 11.8 Å². The van der Waals surface area contributed by atoms with E-state index in [1.54, 1.807) is 35.4 Å². The lowest BCUT2D eigenvalue weighted by atomic mass is 9.94. The number of carbonyl (C=O) groups is 3. The van der Waals surface area contributed by atoms with Crippen molar-refractivity contribution in [2.75, 3.05) is 39.8 Å². The van der Waals surface area contributed by atoms with Crippen molar-refractivity contribution in [3.05, 3.63) is 47.7 Å². The summed E-state index contributed by atoms with van der Waals surface area (Å²) in [6.07, 6.45) is 1.11. The molecule has 3 heterocycles. The quantitative estimate of drug-likeness (QED) is 0.466. The van der Waals surface area contributed by atoms with Crippen molar-refractivity contribution in [2.24, 2.45) is 5.92 Å². The van der Waals surface area contributed by atoms with Gasteiger partial charge in [0.15, 0.2) is 6.61 Å². The van der Waals surface area contributed by atoms with Crippen molar-refractivity contribution < 1.29 is 32.3 Å². The summed E-state index contributed by atoms with van der Waals surface area (Å²) in [4.78, 5) is 49.5. The maximum absolute atomic E-state index is 14.7. The minimum atomic E-state index is -3.21. The number of oxazole rings is 1. The molecule has 2 aliphatic rings. The Bertz CT molecular complexity index is 1300. The van der Waals surface area contributed by atoms with E-state index in [0.29, 0.717) is 37.8 Å². The molecule has 0 saturated carbocycles. The Morgan fingerprint density at radius 3 is 2.44 bits per heavy atom. The molecule has 2 saturated heterocycles. The van der Waals surface area contributed by atoms with Gasteiger partial charge in [0.05, 0.1) is 18.3 Å². The molecule has 0 radical (unpaired) electrons. The number of alkyl halides is 2. The van der Waals surface area contributed by atoms with Crippen LogP contribution in [0.4, 0.5) is 8.78 Å². The van der Waals surface area contributed by atoms with E-state index in [-0.39, 0.29) is 35.7 Å². The summed E-state index contributed by atoms with van der Waals surface area (Å²) in [7, 11) is 1.93. The SMILES string of the molecule is CC(C)C[C@@H](NC(=O)c1ccccc1OCc1ncc(C(C)(C)C)o1)C(=O)N1CC(F)(F)C[C@@H]1C(=O)N1CCN(C)CC1. The minimum Gasteiger partial charge on any atom is -0.483 e. The normalized spacial score (nSPS) is 19.9. The average Bonchev–Trinajstić information content (AvgIpc) is 3.55. The molecular formula is C31H43F2N5O5. The molecule has 0 aliphatic carbocycles. The van der Waals surface area contributed by atoms with Crippen LogP contribution in [0.1, 0.15) is 69.5 Å². The third-order valence-electron chi connectivity index (χ3n) is 7.74. The highest BCUT2D eigenvalue weighted by Gasteiger charge is 2.52. The second-order valence-corrected chi connectivity index (χ2v) is 13.0. The van der Waals surface area contributed by atoms with Crippen LogP contribution in [0.15, 0.2) is 34.9 Å². The van der Waals surface area contributed by atoms with Crippen molar-refractivity contribution in [3.63, 3.8) is 0 Å². The van der Waals surface area contributed by atoms with Gasteiger partial charge in [-0.2, -0.15) is 0 Å². The summed E-state index contributed by atoms with van der Waals surface area (Å²) in [5.41, 5.74) is -0.0579. The first-order valence-electron chi connectivity index (χ1n) is 14.8. The van der Waals surface area contributed by atoms with Crippen molar-refractivity contribution in [1.29, 1.82) is 0 Å². The van der Waals surface area contributed by atoms with Gasteiger partial charge < -0.3 is 29.2 Å². The Kier molecular flexibility index (Phi) is 9.78. The molecule has 2 aromatic rings. The summed E-state index contributed by atoms with van der Waals surface area (Å²) in [6.45, 7) is 10.9. The number of hydrogen-bond donors (Lipinski definition) is 1. The predicted molar refractivity (Wildman–Crippen MR) is 156 cm³/mol. The topological polar surface area (TPSA) is 108 Å². The van der Waals surface area contributed by atoms with E-state index >= 15 is 0 Å². The summed E-state index contributed by atoms with van der Waals surface area (Å²) in [6, 6.07) is 4.15. The summed E-state index contributed by atoms with van der Waals surface area (Å²) < 4.78 is 41.1. The molecule has 1 aromatic heterocycles. The van der Waals surface area contributed by atoms with Gasteiger partial charge in [0, 0.05) is 38.0 Å². The van der Waals surface area contributed by atoms with Crippen molar-refractivity contribution in [1.82, 2.24) is 25.0 Å². The number of rotatable bonds is 9. The van der Waals surface area contributed by atoms with Crippen LogP contribution in [0.25, 0.3) is 0 Å². The van der Waals surface area contributed by atoms with Crippen LogP contribution in [0.3, 0.4) is 0 Å². The average molecular weight is 604 g/mol. The number of likely N-dealkylation sites (tertiary alicyclic amines) is 1. The number of piperazine rings is 1. The molecule has 1 N–H and O–H groups in total. The lowest BCUT2D eigenvalue weighted by Gasteiger charge is -2.36. The molecule has 1 aromatic carbocycles. The molecular weight excluding hydrogens is 560 g/mol. The summed E-state index contributed by atoms with van der Waals surface area (Å²) in [5.74, 6) is -3.72. The zero-order valence-electron chi connectivity index (χ0n) is 25.9. The molecule has 2 atom stereocenters. The van der Waals surface area contributed by atoms with Gasteiger partial charge in [0.2, 0.25) is 17.7 Å². The molecule has 0 spiro atoms. The molecule has 43 heavy (non-hydrogen) atoms. The van der Waals surface area contributed by atoms with Crippen LogP contribution in [0.5, 0.6) is 5.75 Å². The molecule has 10 nitrogen and oxygen atoms in total. The van der Waals surface area contributed by atoms with E-state index in [2.05, 4.69) is 15.2 Å². The number of carbonyl (C=O) groups excluding carboxylic acids is 3. The maximum Gasteiger partial charge on any atom is 0.267 e. The Labute approximate surface area is 251 Å². The van der Waals surface area contributed by atoms with Gasteiger partial charge in [-0.25, -0.2) is 13.8 Å². The van der Waals surface area contributed by atoms with Crippen LogP contribution in [0.2, 0.25) is 0 Å². The number of ether oxygens (including phenoxy) is 1. The number of nitrogens with one attached hydrogen (secondary N) is 1. The number of hydrogen-bond acceptors (Lipinski definition) is 7. The fourth-order valence-corrected chi connectivity index (χ4v) is 5.28. The van der Waals surface area contributed by atoms with Crippen molar-refractivity contribution in [3.8, 4) is 5.75 Å².